The zero-order chi connectivity index (χ0) is 13.5. The Labute approximate surface area is 118 Å². The van der Waals surface area contributed by atoms with Crippen LogP contribution in [0.5, 0.6) is 0 Å². The summed E-state index contributed by atoms with van der Waals surface area (Å²) in [6.45, 7) is 3.00. The number of hydrogen-bond acceptors (Lipinski definition) is 3. The molecule has 18 heavy (non-hydrogen) atoms. The second-order valence-corrected chi connectivity index (χ2v) is 5.45. The second kappa shape index (κ2) is 7.77. The molecular formula is C14H22BrNO2. The molecule has 1 aromatic rings. The van der Waals surface area contributed by atoms with Crippen LogP contribution in [0.4, 0.5) is 5.69 Å². The third kappa shape index (κ3) is 4.59. The Hall–Kier alpha value is -0.580. The number of aliphatic hydroxyl groups is 2. The van der Waals surface area contributed by atoms with Crippen molar-refractivity contribution >= 4 is 21.6 Å². The lowest BCUT2D eigenvalue weighted by atomic mass is 10.1. The Balaban J connectivity index is 2.60. The van der Waals surface area contributed by atoms with Gasteiger partial charge in [-0.05, 0) is 59.8 Å². The van der Waals surface area contributed by atoms with Crippen LogP contribution < -0.4 is 4.90 Å². The second-order valence-electron chi connectivity index (χ2n) is 4.59. The van der Waals surface area contributed by atoms with Crippen molar-refractivity contribution in [3.05, 3.63) is 28.2 Å². The minimum absolute atomic E-state index is 0.274. The number of nitrogens with zero attached hydrogens (tertiary/aromatic N) is 1. The number of hydrogen-bond donors (Lipinski definition) is 2. The standard InChI is InChI=1S/C14H22BrNO2/c1-11(18)12-6-7-14(13(15)10-12)16(2)8-4-3-5-9-17/h6-7,10-11,17-18H,3-5,8-9H2,1-2H3. The first-order chi connectivity index (χ1) is 8.56. The van der Waals surface area contributed by atoms with Crippen LogP contribution >= 0.6 is 15.9 Å². The van der Waals surface area contributed by atoms with Crippen LogP contribution in [0.25, 0.3) is 0 Å². The van der Waals surface area contributed by atoms with Crippen LogP contribution in [-0.2, 0) is 0 Å². The third-order valence-electron chi connectivity index (χ3n) is 3.02. The van der Waals surface area contributed by atoms with Crippen molar-refractivity contribution in [2.24, 2.45) is 0 Å². The van der Waals surface area contributed by atoms with Gasteiger partial charge in [-0.2, -0.15) is 0 Å². The minimum atomic E-state index is -0.440. The molecule has 1 aromatic carbocycles. The van der Waals surface area contributed by atoms with E-state index in [1.165, 1.54) is 0 Å². The fourth-order valence-electron chi connectivity index (χ4n) is 1.85. The van der Waals surface area contributed by atoms with Crippen molar-refractivity contribution in [2.45, 2.75) is 32.3 Å². The molecule has 1 rings (SSSR count). The molecule has 102 valence electrons. The molecule has 2 N–H and O–H groups in total. The molecule has 0 aromatic heterocycles. The van der Waals surface area contributed by atoms with Gasteiger partial charge in [-0.1, -0.05) is 6.07 Å². The molecule has 0 heterocycles. The normalized spacial score (nSPS) is 12.5. The van der Waals surface area contributed by atoms with E-state index in [0.29, 0.717) is 0 Å². The molecule has 0 radical (unpaired) electrons. The van der Waals surface area contributed by atoms with Gasteiger partial charge >= 0.3 is 0 Å². The van der Waals surface area contributed by atoms with Crippen LogP contribution in [0, 0.1) is 0 Å². The Morgan fingerprint density at radius 1 is 1.28 bits per heavy atom. The van der Waals surface area contributed by atoms with E-state index >= 15 is 0 Å². The van der Waals surface area contributed by atoms with Crippen LogP contribution in [-0.4, -0.2) is 30.4 Å². The number of benzene rings is 1. The molecule has 0 bridgehead atoms. The first-order valence-corrected chi connectivity index (χ1v) is 7.15. The summed E-state index contributed by atoms with van der Waals surface area (Å²) in [6, 6.07) is 5.94. The molecule has 0 saturated heterocycles. The number of unbranched alkanes of at least 4 members (excludes halogenated alkanes) is 2. The van der Waals surface area contributed by atoms with Gasteiger partial charge < -0.3 is 15.1 Å². The van der Waals surface area contributed by atoms with Crippen LogP contribution in [0.1, 0.15) is 37.9 Å². The summed E-state index contributed by atoms with van der Waals surface area (Å²) in [4.78, 5) is 2.19. The maximum Gasteiger partial charge on any atom is 0.0762 e. The smallest absolute Gasteiger partial charge is 0.0762 e. The van der Waals surface area contributed by atoms with E-state index in [4.69, 9.17) is 5.11 Å². The van der Waals surface area contributed by atoms with E-state index in [0.717, 1.165) is 41.5 Å². The van der Waals surface area contributed by atoms with Gasteiger partial charge in [0.15, 0.2) is 0 Å². The van der Waals surface area contributed by atoms with E-state index in [9.17, 15) is 5.11 Å². The van der Waals surface area contributed by atoms with Gasteiger partial charge in [0.05, 0.1) is 11.8 Å². The summed E-state index contributed by atoms with van der Waals surface area (Å²) in [5, 5.41) is 18.3. The molecule has 3 nitrogen and oxygen atoms in total. The van der Waals surface area contributed by atoms with Crippen molar-refractivity contribution < 1.29 is 10.2 Å². The summed E-state index contributed by atoms with van der Waals surface area (Å²) in [7, 11) is 2.06. The topological polar surface area (TPSA) is 43.7 Å². The largest absolute Gasteiger partial charge is 0.396 e. The fourth-order valence-corrected chi connectivity index (χ4v) is 2.55. The molecular weight excluding hydrogens is 294 g/mol. The predicted octanol–water partition coefficient (Wildman–Crippen LogP) is 3.10. The number of aliphatic hydroxyl groups excluding tert-OH is 2. The highest BCUT2D eigenvalue weighted by atomic mass is 79.9. The summed E-state index contributed by atoms with van der Waals surface area (Å²) >= 11 is 3.55. The van der Waals surface area contributed by atoms with Crippen LogP contribution in [0.2, 0.25) is 0 Å². The molecule has 0 amide bonds. The average molecular weight is 316 g/mol. The van der Waals surface area contributed by atoms with Gasteiger partial charge in [0, 0.05) is 24.7 Å². The van der Waals surface area contributed by atoms with E-state index in [2.05, 4.69) is 27.9 Å². The predicted molar refractivity (Wildman–Crippen MR) is 79.0 cm³/mol. The van der Waals surface area contributed by atoms with Crippen LogP contribution in [0.15, 0.2) is 22.7 Å². The molecule has 0 aliphatic carbocycles. The number of anilines is 1. The lowest BCUT2D eigenvalue weighted by Gasteiger charge is -2.21. The lowest BCUT2D eigenvalue weighted by Crippen LogP contribution is -2.19. The van der Waals surface area contributed by atoms with Gasteiger partial charge in [-0.3, -0.25) is 0 Å². The van der Waals surface area contributed by atoms with E-state index in [1.54, 1.807) is 6.92 Å². The molecule has 1 unspecified atom stereocenters. The highest BCUT2D eigenvalue weighted by Crippen LogP contribution is 2.28. The van der Waals surface area contributed by atoms with Crippen molar-refractivity contribution in [1.82, 2.24) is 0 Å². The van der Waals surface area contributed by atoms with Crippen LogP contribution in [0.3, 0.4) is 0 Å². The minimum Gasteiger partial charge on any atom is -0.396 e. The summed E-state index contributed by atoms with van der Waals surface area (Å²) < 4.78 is 1.01. The molecule has 1 atom stereocenters. The van der Waals surface area contributed by atoms with E-state index in [1.807, 2.05) is 18.2 Å². The summed E-state index contributed by atoms with van der Waals surface area (Å²) in [5.74, 6) is 0. The molecule has 0 saturated carbocycles. The first kappa shape index (κ1) is 15.5. The monoisotopic (exact) mass is 315 g/mol. The van der Waals surface area contributed by atoms with Crippen molar-refractivity contribution in [3.63, 3.8) is 0 Å². The summed E-state index contributed by atoms with van der Waals surface area (Å²) in [5.41, 5.74) is 2.04. The van der Waals surface area contributed by atoms with Gasteiger partial charge in [-0.15, -0.1) is 0 Å². The zero-order valence-electron chi connectivity index (χ0n) is 11.1. The van der Waals surface area contributed by atoms with Crippen molar-refractivity contribution in [2.75, 3.05) is 25.1 Å². The van der Waals surface area contributed by atoms with Gasteiger partial charge in [0.2, 0.25) is 0 Å². The quantitative estimate of drug-likeness (QED) is 0.760. The maximum atomic E-state index is 9.52. The van der Waals surface area contributed by atoms with E-state index < -0.39 is 6.10 Å². The average Bonchev–Trinajstić information content (AvgIpc) is 2.34. The molecule has 0 aliphatic heterocycles. The Morgan fingerprint density at radius 3 is 2.56 bits per heavy atom. The first-order valence-electron chi connectivity index (χ1n) is 6.35. The van der Waals surface area contributed by atoms with Crippen molar-refractivity contribution in [1.29, 1.82) is 0 Å². The molecule has 0 aliphatic rings. The Kier molecular flexibility index (Phi) is 6.68. The van der Waals surface area contributed by atoms with E-state index in [-0.39, 0.29) is 6.61 Å². The number of rotatable bonds is 7. The van der Waals surface area contributed by atoms with Gasteiger partial charge in [-0.25, -0.2) is 0 Å². The molecule has 0 fully saturated rings. The zero-order valence-corrected chi connectivity index (χ0v) is 12.7. The Bertz CT molecular complexity index is 369. The summed E-state index contributed by atoms with van der Waals surface area (Å²) in [6.07, 6.45) is 2.55. The highest BCUT2D eigenvalue weighted by Gasteiger charge is 2.08. The number of halogens is 1. The fraction of sp³-hybridized carbons (Fsp3) is 0.571. The molecule has 4 heteroatoms. The maximum absolute atomic E-state index is 9.52. The van der Waals surface area contributed by atoms with Crippen molar-refractivity contribution in [3.8, 4) is 0 Å². The lowest BCUT2D eigenvalue weighted by molar-refractivity contribution is 0.199. The molecule has 0 spiro atoms. The Morgan fingerprint density at radius 2 is 2.00 bits per heavy atom. The van der Waals surface area contributed by atoms with Gasteiger partial charge in [0.1, 0.15) is 0 Å². The highest BCUT2D eigenvalue weighted by molar-refractivity contribution is 9.10. The SMILES string of the molecule is CC(O)c1ccc(N(C)CCCCCO)c(Br)c1. The van der Waals surface area contributed by atoms with Gasteiger partial charge in [0.25, 0.3) is 0 Å². The third-order valence-corrected chi connectivity index (χ3v) is 3.65.